The molecule has 0 bridgehead atoms. The fourth-order valence-corrected chi connectivity index (χ4v) is 3.69. The molecule has 0 saturated carbocycles. The molecule has 0 aromatic heterocycles. The Morgan fingerprint density at radius 3 is 1.69 bits per heavy atom. The van der Waals surface area contributed by atoms with E-state index in [1.807, 2.05) is 60.7 Å². The first-order chi connectivity index (χ1) is 18.6. The number of hydrogen-bond donors (Lipinski definition) is 1. The van der Waals surface area contributed by atoms with E-state index in [9.17, 15) is 10.2 Å². The van der Waals surface area contributed by atoms with Crippen molar-refractivity contribution in [3.05, 3.63) is 83.9 Å². The molecule has 0 fully saturated rings. The molecule has 4 aromatic rings. The Kier molecular flexibility index (Phi) is 16.6. The predicted molar refractivity (Wildman–Crippen MR) is 152 cm³/mol. The van der Waals surface area contributed by atoms with Gasteiger partial charge in [-0.2, -0.15) is 5.26 Å². The van der Waals surface area contributed by atoms with Crippen molar-refractivity contribution in [3.63, 3.8) is 0 Å². The van der Waals surface area contributed by atoms with Crippen LogP contribution in [-0.2, 0) is 17.1 Å². The van der Waals surface area contributed by atoms with Crippen molar-refractivity contribution in [1.29, 1.82) is 10.5 Å². The zero-order valence-corrected chi connectivity index (χ0v) is 24.3. The molecule has 0 unspecified atom stereocenters. The molecule has 0 radical (unpaired) electrons. The second-order valence-corrected chi connectivity index (χ2v) is 8.27. The van der Waals surface area contributed by atoms with E-state index in [2.05, 4.69) is 31.3 Å². The minimum absolute atomic E-state index is 0. The summed E-state index contributed by atoms with van der Waals surface area (Å²) >= 11 is 2.11. The smallest absolute Gasteiger partial charge is 0.872 e. The van der Waals surface area contributed by atoms with Crippen LogP contribution in [0.15, 0.2) is 82.8 Å². The van der Waals surface area contributed by atoms with E-state index >= 15 is 0 Å². The molecule has 0 heterocycles. The molecule has 0 aliphatic heterocycles. The van der Waals surface area contributed by atoms with Crippen LogP contribution >= 0.6 is 0 Å². The summed E-state index contributed by atoms with van der Waals surface area (Å²) in [4.78, 5) is 10.5. The van der Waals surface area contributed by atoms with Crippen molar-refractivity contribution in [1.82, 2.24) is 5.32 Å². The third kappa shape index (κ3) is 10.9. The average molecular weight is 625 g/mol. The fraction of sp³-hybridized carbons (Fsp3) is 0.200. The molecule has 198 valence electrons. The van der Waals surface area contributed by atoms with Gasteiger partial charge in [0.2, 0.25) is 0 Å². The van der Waals surface area contributed by atoms with Gasteiger partial charge in [-0.3, -0.25) is 9.98 Å². The Balaban J connectivity index is 0.000000997. The second-order valence-electron chi connectivity index (χ2n) is 7.89. The number of rotatable bonds is 9. The topological polar surface area (TPSA) is 130 Å². The van der Waals surface area contributed by atoms with Gasteiger partial charge in [-0.05, 0) is 45.6 Å². The summed E-state index contributed by atoms with van der Waals surface area (Å²) in [5.74, 6) is -0.0124. The fourth-order valence-electron chi connectivity index (χ4n) is 3.69. The molecule has 0 amide bonds. The molecule has 39 heavy (non-hydrogen) atoms. The standard InChI is InChI=1S/C27H27N3O2.C2H3N.CHNSe.Fe/c31-26-12-10-20-6-1-3-8-22(20)24(26)18-29-15-5-14-28-16-17-30-19-25-23-9-4-2-7-21(23)11-13-27(25)32;1-2-3;2-1-3;/h1-4,6-13,18-19,28,31-32H,5,14-17H2;1H3;3H;/q;;;+4/p-3. The molecule has 9 heteroatoms. The summed E-state index contributed by atoms with van der Waals surface area (Å²) in [6.45, 7) is 4.22. The third-order valence-corrected chi connectivity index (χ3v) is 5.36. The van der Waals surface area contributed by atoms with Gasteiger partial charge in [0, 0.05) is 32.4 Å². The second kappa shape index (κ2) is 19.4. The van der Waals surface area contributed by atoms with Crippen LogP contribution in [0.2, 0.25) is 0 Å². The van der Waals surface area contributed by atoms with Gasteiger partial charge in [-0.15, -0.1) is 0 Å². The molecule has 1 N–H and O–H groups in total. The summed E-state index contributed by atoms with van der Waals surface area (Å²) in [5.41, 5.74) is 1.29. The monoisotopic (exact) mass is 626 g/mol. The first-order valence-corrected chi connectivity index (χ1v) is 12.8. The van der Waals surface area contributed by atoms with E-state index in [0.717, 1.165) is 41.1 Å². The quantitative estimate of drug-likeness (QED) is 0.172. The van der Waals surface area contributed by atoms with Crippen LogP contribution in [0.1, 0.15) is 24.5 Å². The Morgan fingerprint density at radius 1 is 0.769 bits per heavy atom. The van der Waals surface area contributed by atoms with Crippen LogP contribution in [0, 0.1) is 21.6 Å². The maximum absolute atomic E-state index is 12.2. The van der Waals surface area contributed by atoms with Crippen molar-refractivity contribution >= 4 is 50.0 Å². The number of hydrogen-bond acceptors (Lipinski definition) is 7. The summed E-state index contributed by atoms with van der Waals surface area (Å²) in [6.07, 6.45) is 4.24. The maximum atomic E-state index is 12.2. The molecule has 4 aromatic carbocycles. The SMILES string of the molecule is CC#N.N#C[Se-].[Fe+4].[O-]c1ccc2ccccc2c1C=NCCCNCCN=Cc1c([O-])ccc2ccccc12. The molecule has 0 saturated heterocycles. The Morgan fingerprint density at radius 2 is 1.21 bits per heavy atom. The molecule has 4 rings (SSSR count). The van der Waals surface area contributed by atoms with Crippen LogP contribution in [-0.4, -0.2) is 54.6 Å². The molecule has 0 spiro atoms. The van der Waals surface area contributed by atoms with Crippen molar-refractivity contribution in [2.45, 2.75) is 13.3 Å². The van der Waals surface area contributed by atoms with Gasteiger partial charge in [-0.1, -0.05) is 84.3 Å². The van der Waals surface area contributed by atoms with Crippen molar-refractivity contribution in [2.75, 3.05) is 26.2 Å². The van der Waals surface area contributed by atoms with Gasteiger partial charge >= 0.3 is 43.3 Å². The zero-order valence-electron chi connectivity index (χ0n) is 21.5. The van der Waals surface area contributed by atoms with E-state index in [-0.39, 0.29) is 28.6 Å². The molecular weight excluding hydrogens is 597 g/mol. The van der Waals surface area contributed by atoms with Crippen LogP contribution < -0.4 is 15.5 Å². The number of nitrogens with one attached hydrogen (secondary N) is 1. The molecule has 0 atom stereocenters. The summed E-state index contributed by atoms with van der Waals surface area (Å²) < 4.78 is 0. The van der Waals surface area contributed by atoms with E-state index in [1.165, 1.54) is 6.92 Å². The van der Waals surface area contributed by atoms with E-state index in [1.54, 1.807) is 35.6 Å². The summed E-state index contributed by atoms with van der Waals surface area (Å²) in [6, 6.07) is 24.3. The number of aliphatic imine (C=N–C) groups is 2. The Bertz CT molecular complexity index is 1350. The van der Waals surface area contributed by atoms with E-state index < -0.39 is 0 Å². The van der Waals surface area contributed by atoms with Gasteiger partial charge in [0.05, 0.1) is 12.6 Å². The van der Waals surface area contributed by atoms with Gasteiger partial charge in [0.15, 0.2) is 0 Å². The van der Waals surface area contributed by atoms with Crippen molar-refractivity contribution < 1.29 is 27.3 Å². The van der Waals surface area contributed by atoms with Gasteiger partial charge in [0.1, 0.15) is 0 Å². The summed E-state index contributed by atoms with van der Waals surface area (Å²) in [5, 5.41) is 46.2. The number of nitriles is 2. The normalized spacial score (nSPS) is 10.1. The van der Waals surface area contributed by atoms with Crippen LogP contribution in [0.4, 0.5) is 0 Å². The van der Waals surface area contributed by atoms with Crippen LogP contribution in [0.25, 0.3) is 21.5 Å². The van der Waals surface area contributed by atoms with Gasteiger partial charge < -0.3 is 15.5 Å². The maximum Gasteiger partial charge on any atom is 4.00 e. The molecular formula is C30H28FeN5O2Se+. The first kappa shape index (κ1) is 33.3. The minimum Gasteiger partial charge on any atom is -0.872 e. The minimum atomic E-state index is -0.00861. The average Bonchev–Trinajstić information content (AvgIpc) is 2.92. The molecule has 0 aliphatic carbocycles. The van der Waals surface area contributed by atoms with Gasteiger partial charge in [-0.25, -0.2) is 0 Å². The summed E-state index contributed by atoms with van der Waals surface area (Å²) in [7, 11) is 0. The third-order valence-electron chi connectivity index (χ3n) is 5.36. The Labute approximate surface area is 248 Å². The van der Waals surface area contributed by atoms with Crippen LogP contribution in [0.5, 0.6) is 11.5 Å². The number of fused-ring (bicyclic) bond motifs is 2. The van der Waals surface area contributed by atoms with Crippen LogP contribution in [0.3, 0.4) is 0 Å². The van der Waals surface area contributed by atoms with Gasteiger partial charge in [0.25, 0.3) is 0 Å². The van der Waals surface area contributed by atoms with Crippen molar-refractivity contribution in [2.24, 2.45) is 9.98 Å². The number of benzene rings is 4. The zero-order chi connectivity index (χ0) is 27.6. The number of nitrogens with zero attached hydrogens (tertiary/aromatic N) is 4. The molecule has 0 aliphatic rings. The Hall–Kier alpha value is -3.68. The largest absolute Gasteiger partial charge is 4.00 e. The predicted octanol–water partition coefficient (Wildman–Crippen LogP) is 3.82. The van der Waals surface area contributed by atoms with E-state index in [4.69, 9.17) is 10.5 Å². The van der Waals surface area contributed by atoms with Crippen molar-refractivity contribution in [3.8, 4) is 22.5 Å². The molecule has 7 nitrogen and oxygen atoms in total. The van der Waals surface area contributed by atoms with E-state index in [0.29, 0.717) is 24.2 Å². The first-order valence-electron chi connectivity index (χ1n) is 12.0.